The van der Waals surface area contributed by atoms with E-state index in [2.05, 4.69) is 0 Å². The van der Waals surface area contributed by atoms with Crippen molar-refractivity contribution in [2.24, 2.45) is 0 Å². The number of benzene rings is 2. The summed E-state index contributed by atoms with van der Waals surface area (Å²) in [6.45, 7) is 6.39. The summed E-state index contributed by atoms with van der Waals surface area (Å²) in [7, 11) is 0. The molecule has 0 amide bonds. The number of aliphatic hydroxyl groups is 1. The van der Waals surface area contributed by atoms with E-state index in [1.807, 2.05) is 57.2 Å². The molecule has 1 N–H and O–H groups in total. The Morgan fingerprint density at radius 1 is 1.26 bits per heavy atom. The van der Waals surface area contributed by atoms with Gasteiger partial charge in [0.1, 0.15) is 23.7 Å². The number of rotatable bonds is 3. The smallest absolute Gasteiger partial charge is 0.129 e. The zero-order valence-corrected chi connectivity index (χ0v) is 14.4. The van der Waals surface area contributed by atoms with Gasteiger partial charge in [-0.15, -0.1) is 0 Å². The van der Waals surface area contributed by atoms with Crippen LogP contribution in [0.3, 0.4) is 0 Å². The van der Waals surface area contributed by atoms with Gasteiger partial charge in [-0.2, -0.15) is 0 Å². The van der Waals surface area contributed by atoms with E-state index in [0.29, 0.717) is 23.8 Å². The van der Waals surface area contributed by atoms with Crippen molar-refractivity contribution in [1.82, 2.24) is 0 Å². The number of hydrogen-bond donors (Lipinski definition) is 1. The molecular weight excluding hydrogens is 312 g/mol. The van der Waals surface area contributed by atoms with Crippen molar-refractivity contribution in [2.45, 2.75) is 45.5 Å². The van der Waals surface area contributed by atoms with Crippen LogP contribution in [0.2, 0.25) is 5.02 Å². The maximum atomic E-state index is 10.4. The number of ether oxygens (including phenoxy) is 2. The molecule has 1 aliphatic rings. The number of aryl methyl sites for hydroxylation is 1. The lowest BCUT2D eigenvalue weighted by Gasteiger charge is -2.36. The standard InChI is InChI=1S/C19H21ClO3/c1-12-8-15(22-11-13-4-6-14(20)7-5-13)9-17-18(12)16(21)10-19(2,3)23-17/h4-9,16,21H,10-11H2,1-3H3/t16-/m1/s1. The van der Waals surface area contributed by atoms with Gasteiger partial charge in [0.05, 0.1) is 6.10 Å². The molecule has 2 aromatic rings. The zero-order chi connectivity index (χ0) is 16.6. The van der Waals surface area contributed by atoms with Gasteiger partial charge in [0.2, 0.25) is 0 Å². The van der Waals surface area contributed by atoms with Crippen LogP contribution >= 0.6 is 11.6 Å². The third-order valence-electron chi connectivity index (χ3n) is 4.05. The molecule has 0 saturated carbocycles. The van der Waals surface area contributed by atoms with Crippen LogP contribution in [0.4, 0.5) is 0 Å². The van der Waals surface area contributed by atoms with Crippen molar-refractivity contribution in [3.8, 4) is 11.5 Å². The molecule has 122 valence electrons. The molecule has 0 aromatic heterocycles. The Morgan fingerprint density at radius 2 is 1.96 bits per heavy atom. The first kappa shape index (κ1) is 16.2. The molecule has 2 aromatic carbocycles. The molecule has 1 atom stereocenters. The second kappa shape index (κ2) is 6.06. The lowest BCUT2D eigenvalue weighted by molar-refractivity contribution is 0.0109. The summed E-state index contributed by atoms with van der Waals surface area (Å²) in [5, 5.41) is 11.1. The van der Waals surface area contributed by atoms with Gasteiger partial charge in [-0.05, 0) is 50.1 Å². The lowest BCUT2D eigenvalue weighted by Crippen LogP contribution is -2.35. The Balaban J connectivity index is 1.82. The highest BCUT2D eigenvalue weighted by Crippen LogP contribution is 2.43. The number of halogens is 1. The molecule has 0 aliphatic carbocycles. The van der Waals surface area contributed by atoms with Crippen LogP contribution in [0.15, 0.2) is 36.4 Å². The molecule has 0 unspecified atom stereocenters. The summed E-state index contributed by atoms with van der Waals surface area (Å²) in [5.74, 6) is 1.45. The first-order chi connectivity index (χ1) is 10.8. The van der Waals surface area contributed by atoms with Crippen LogP contribution in [0.5, 0.6) is 11.5 Å². The van der Waals surface area contributed by atoms with Crippen molar-refractivity contribution >= 4 is 11.6 Å². The third kappa shape index (κ3) is 3.62. The van der Waals surface area contributed by atoms with Crippen LogP contribution in [-0.4, -0.2) is 10.7 Å². The van der Waals surface area contributed by atoms with E-state index < -0.39 is 6.10 Å². The Morgan fingerprint density at radius 3 is 2.65 bits per heavy atom. The minimum Gasteiger partial charge on any atom is -0.489 e. The Hall–Kier alpha value is -1.71. The van der Waals surface area contributed by atoms with Gasteiger partial charge in [-0.25, -0.2) is 0 Å². The van der Waals surface area contributed by atoms with E-state index in [-0.39, 0.29) is 5.60 Å². The fraction of sp³-hybridized carbons (Fsp3) is 0.368. The average Bonchev–Trinajstić information content (AvgIpc) is 2.44. The van der Waals surface area contributed by atoms with Gasteiger partial charge >= 0.3 is 0 Å². The number of aliphatic hydroxyl groups excluding tert-OH is 1. The Bertz CT molecular complexity index is 707. The summed E-state index contributed by atoms with van der Waals surface area (Å²) < 4.78 is 11.9. The largest absolute Gasteiger partial charge is 0.489 e. The van der Waals surface area contributed by atoms with Gasteiger partial charge < -0.3 is 14.6 Å². The van der Waals surface area contributed by atoms with Crippen LogP contribution in [-0.2, 0) is 6.61 Å². The topological polar surface area (TPSA) is 38.7 Å². The van der Waals surface area contributed by atoms with E-state index in [4.69, 9.17) is 21.1 Å². The summed E-state index contributed by atoms with van der Waals surface area (Å²) in [6, 6.07) is 11.4. The first-order valence-electron chi connectivity index (χ1n) is 7.73. The minimum absolute atomic E-state index is 0.381. The van der Waals surface area contributed by atoms with Gasteiger partial charge in [-0.1, -0.05) is 23.7 Å². The maximum Gasteiger partial charge on any atom is 0.129 e. The average molecular weight is 333 g/mol. The fourth-order valence-corrected chi connectivity index (χ4v) is 3.11. The normalized spacial score (nSPS) is 18.9. The monoisotopic (exact) mass is 332 g/mol. The highest BCUT2D eigenvalue weighted by atomic mass is 35.5. The molecular formula is C19H21ClO3. The van der Waals surface area contributed by atoms with Crippen LogP contribution in [0, 0.1) is 6.92 Å². The van der Waals surface area contributed by atoms with Crippen molar-refractivity contribution in [2.75, 3.05) is 0 Å². The molecule has 3 rings (SSSR count). The third-order valence-corrected chi connectivity index (χ3v) is 4.30. The SMILES string of the molecule is Cc1cc(OCc2ccc(Cl)cc2)cc2c1[C@H](O)CC(C)(C)O2. The summed E-state index contributed by atoms with van der Waals surface area (Å²) in [4.78, 5) is 0. The Kier molecular flexibility index (Phi) is 4.26. The minimum atomic E-state index is -0.501. The molecule has 23 heavy (non-hydrogen) atoms. The van der Waals surface area contributed by atoms with Crippen molar-refractivity contribution in [3.05, 3.63) is 58.1 Å². The number of fused-ring (bicyclic) bond motifs is 1. The first-order valence-corrected chi connectivity index (χ1v) is 8.11. The quantitative estimate of drug-likeness (QED) is 0.875. The molecule has 1 aliphatic heterocycles. The predicted octanol–water partition coefficient (Wildman–Crippen LogP) is 4.82. The molecule has 0 spiro atoms. The summed E-state index contributed by atoms with van der Waals surface area (Å²) >= 11 is 5.89. The Labute approximate surface area is 141 Å². The van der Waals surface area contributed by atoms with Gasteiger partial charge in [0.25, 0.3) is 0 Å². The lowest BCUT2D eigenvalue weighted by atomic mass is 9.89. The summed E-state index contributed by atoms with van der Waals surface area (Å²) in [6.07, 6.45) is 0.0882. The molecule has 0 bridgehead atoms. The van der Waals surface area contributed by atoms with E-state index in [1.54, 1.807) is 0 Å². The van der Waals surface area contributed by atoms with Crippen LogP contribution < -0.4 is 9.47 Å². The fourth-order valence-electron chi connectivity index (χ4n) is 2.98. The molecule has 1 heterocycles. The van der Waals surface area contributed by atoms with E-state index in [9.17, 15) is 5.11 Å². The molecule has 4 heteroatoms. The molecule has 0 radical (unpaired) electrons. The maximum absolute atomic E-state index is 10.4. The molecule has 0 saturated heterocycles. The van der Waals surface area contributed by atoms with Crippen LogP contribution in [0.25, 0.3) is 0 Å². The van der Waals surface area contributed by atoms with Gasteiger partial charge in [0.15, 0.2) is 0 Å². The second-order valence-electron chi connectivity index (χ2n) is 6.65. The van der Waals surface area contributed by atoms with Gasteiger partial charge in [-0.3, -0.25) is 0 Å². The van der Waals surface area contributed by atoms with Crippen molar-refractivity contribution in [3.63, 3.8) is 0 Å². The van der Waals surface area contributed by atoms with E-state index in [0.717, 1.165) is 22.4 Å². The predicted molar refractivity (Wildman–Crippen MR) is 91.2 cm³/mol. The highest BCUT2D eigenvalue weighted by molar-refractivity contribution is 6.30. The highest BCUT2D eigenvalue weighted by Gasteiger charge is 2.34. The van der Waals surface area contributed by atoms with Gasteiger partial charge in [0, 0.05) is 23.1 Å². The molecule has 0 fully saturated rings. The summed E-state index contributed by atoms with van der Waals surface area (Å²) in [5.41, 5.74) is 2.51. The van der Waals surface area contributed by atoms with E-state index >= 15 is 0 Å². The van der Waals surface area contributed by atoms with Crippen molar-refractivity contribution in [1.29, 1.82) is 0 Å². The van der Waals surface area contributed by atoms with Crippen molar-refractivity contribution < 1.29 is 14.6 Å². The van der Waals surface area contributed by atoms with Crippen LogP contribution in [0.1, 0.15) is 43.1 Å². The molecule has 3 nitrogen and oxygen atoms in total. The number of hydrogen-bond acceptors (Lipinski definition) is 3. The van der Waals surface area contributed by atoms with E-state index in [1.165, 1.54) is 0 Å². The zero-order valence-electron chi connectivity index (χ0n) is 13.6. The second-order valence-corrected chi connectivity index (χ2v) is 7.09.